The zero-order valence-electron chi connectivity index (χ0n) is 23.8. The maximum Gasteiger partial charge on any atom is 0.276 e. The Balaban J connectivity index is 1.47. The molecule has 0 saturated carbocycles. The molecule has 0 saturated heterocycles. The van der Waals surface area contributed by atoms with E-state index in [4.69, 9.17) is 0 Å². The first kappa shape index (κ1) is 30.7. The Morgan fingerprint density at radius 3 is 2.21 bits per heavy atom. The van der Waals surface area contributed by atoms with Crippen LogP contribution in [0.3, 0.4) is 0 Å². The Labute approximate surface area is 253 Å². The predicted molar refractivity (Wildman–Crippen MR) is 170 cm³/mol. The highest BCUT2D eigenvalue weighted by Gasteiger charge is 2.19. The molecule has 0 bridgehead atoms. The van der Waals surface area contributed by atoms with Crippen LogP contribution < -0.4 is 16.0 Å². The number of amides is 3. The highest BCUT2D eigenvalue weighted by atomic mass is 32.2. The third-order valence-electron chi connectivity index (χ3n) is 6.40. The van der Waals surface area contributed by atoms with Gasteiger partial charge in [-0.15, -0.1) is 11.8 Å². The number of benzene rings is 4. The van der Waals surface area contributed by atoms with Crippen LogP contribution in [-0.4, -0.2) is 27.9 Å². The van der Waals surface area contributed by atoms with Gasteiger partial charge in [-0.2, -0.15) is 0 Å². The number of carbonyl (C=O) groups excluding carboxylic acids is 3. The van der Waals surface area contributed by atoms with Gasteiger partial charge in [0.15, 0.2) is 0 Å². The molecule has 3 amide bonds. The molecule has 4 aromatic carbocycles. The van der Waals surface area contributed by atoms with E-state index in [1.165, 1.54) is 36.0 Å². The number of hydrogen-bond acceptors (Lipinski definition) is 6. The van der Waals surface area contributed by atoms with Crippen molar-refractivity contribution in [3.8, 4) is 0 Å². The largest absolute Gasteiger partial charge is 0.325 e. The van der Waals surface area contributed by atoms with Crippen molar-refractivity contribution in [2.45, 2.75) is 30.9 Å². The molecule has 10 heteroatoms. The fourth-order valence-electron chi connectivity index (χ4n) is 4.13. The summed E-state index contributed by atoms with van der Waals surface area (Å²) in [4.78, 5) is 50.8. The van der Waals surface area contributed by atoms with Crippen molar-refractivity contribution in [2.75, 3.05) is 10.6 Å². The van der Waals surface area contributed by atoms with E-state index < -0.39 is 16.7 Å². The molecule has 0 aliphatic rings. The average molecular weight is 595 g/mol. The summed E-state index contributed by atoms with van der Waals surface area (Å²) < 4.78 is 0. The first-order valence-corrected chi connectivity index (χ1v) is 14.3. The highest BCUT2D eigenvalue weighted by molar-refractivity contribution is 8.00. The molecule has 1 unspecified atom stereocenters. The van der Waals surface area contributed by atoms with Crippen molar-refractivity contribution in [1.82, 2.24) is 5.32 Å². The lowest BCUT2D eigenvalue weighted by molar-refractivity contribution is -0.385. The first-order chi connectivity index (χ1) is 20.6. The van der Waals surface area contributed by atoms with Crippen molar-refractivity contribution in [3.63, 3.8) is 0 Å². The van der Waals surface area contributed by atoms with Crippen LogP contribution in [0.25, 0.3) is 6.08 Å². The SMILES string of the molecule is Cc1ccc(NC(=O)C(C)Sc2ccc(NC(=O)/C(=C/c3ccccc3[N+](=O)[O-])NC(=O)c3ccccc3)cc2)c(C)c1. The summed E-state index contributed by atoms with van der Waals surface area (Å²) in [6.07, 6.45) is 1.27. The number of para-hydroxylation sites is 1. The molecule has 0 spiro atoms. The van der Waals surface area contributed by atoms with Crippen molar-refractivity contribution in [1.29, 1.82) is 0 Å². The Morgan fingerprint density at radius 1 is 0.860 bits per heavy atom. The zero-order chi connectivity index (χ0) is 30.9. The molecule has 0 aromatic heterocycles. The number of nitro groups is 1. The number of nitro benzene ring substituents is 1. The lowest BCUT2D eigenvalue weighted by Crippen LogP contribution is -2.30. The monoisotopic (exact) mass is 594 g/mol. The summed E-state index contributed by atoms with van der Waals surface area (Å²) in [5.74, 6) is -1.34. The maximum absolute atomic E-state index is 13.3. The molecule has 9 nitrogen and oxygen atoms in total. The van der Waals surface area contributed by atoms with Gasteiger partial charge in [0.2, 0.25) is 5.91 Å². The summed E-state index contributed by atoms with van der Waals surface area (Å²) in [6, 6.07) is 27.0. The third kappa shape index (κ3) is 8.40. The smallest absolute Gasteiger partial charge is 0.276 e. The normalized spacial score (nSPS) is 11.7. The minimum absolute atomic E-state index is 0.131. The Morgan fingerprint density at radius 2 is 1.53 bits per heavy atom. The number of nitrogens with one attached hydrogen (secondary N) is 3. The number of nitrogens with zero attached hydrogens (tertiary/aromatic N) is 1. The van der Waals surface area contributed by atoms with Crippen molar-refractivity contribution < 1.29 is 19.3 Å². The molecule has 3 N–H and O–H groups in total. The summed E-state index contributed by atoms with van der Waals surface area (Å²) in [6.45, 7) is 5.76. The van der Waals surface area contributed by atoms with Crippen molar-refractivity contribution >= 4 is 52.6 Å². The van der Waals surface area contributed by atoms with Gasteiger partial charge in [-0.05, 0) is 80.9 Å². The van der Waals surface area contributed by atoms with E-state index in [0.717, 1.165) is 21.7 Å². The standard InChI is InChI=1S/C33H30N4O5S/c1-21-13-18-28(22(2)19-21)35-31(38)23(3)43-27-16-14-26(15-17-27)34-33(40)29(36-32(39)24-9-5-4-6-10-24)20-25-11-7-8-12-30(25)37(41)42/h4-20,23H,1-3H3,(H,34,40)(H,35,38)(H,36,39)/b29-20-. The zero-order valence-corrected chi connectivity index (χ0v) is 24.6. The van der Waals surface area contributed by atoms with E-state index >= 15 is 0 Å². The second-order valence-electron chi connectivity index (χ2n) is 9.74. The quantitative estimate of drug-likeness (QED) is 0.0807. The topological polar surface area (TPSA) is 130 Å². The van der Waals surface area contributed by atoms with Gasteiger partial charge >= 0.3 is 0 Å². The van der Waals surface area contributed by atoms with Gasteiger partial charge in [0.1, 0.15) is 5.70 Å². The number of carbonyl (C=O) groups is 3. The van der Waals surface area contributed by atoms with E-state index in [1.54, 1.807) is 60.7 Å². The number of aryl methyl sites for hydroxylation is 2. The van der Waals surface area contributed by atoms with Crippen LogP contribution in [0.1, 0.15) is 34.0 Å². The van der Waals surface area contributed by atoms with E-state index in [0.29, 0.717) is 11.3 Å². The second kappa shape index (κ2) is 14.1. The molecule has 0 fully saturated rings. The number of hydrogen-bond donors (Lipinski definition) is 3. The van der Waals surface area contributed by atoms with Crippen LogP contribution in [-0.2, 0) is 9.59 Å². The Bertz CT molecular complexity index is 1690. The Hall–Kier alpha value is -5.22. The van der Waals surface area contributed by atoms with Crippen LogP contribution in [0.5, 0.6) is 0 Å². The summed E-state index contributed by atoms with van der Waals surface area (Å²) in [5, 5.41) is 19.4. The van der Waals surface area contributed by atoms with Crippen LogP contribution in [0.4, 0.5) is 17.1 Å². The summed E-state index contributed by atoms with van der Waals surface area (Å²) in [7, 11) is 0. The van der Waals surface area contributed by atoms with E-state index in [-0.39, 0.29) is 28.1 Å². The highest BCUT2D eigenvalue weighted by Crippen LogP contribution is 2.27. The molecule has 4 aromatic rings. The fraction of sp³-hybridized carbons (Fsp3) is 0.121. The fourth-order valence-corrected chi connectivity index (χ4v) is 5.00. The predicted octanol–water partition coefficient (Wildman–Crippen LogP) is 6.74. The van der Waals surface area contributed by atoms with Gasteiger partial charge in [0.05, 0.1) is 15.7 Å². The first-order valence-electron chi connectivity index (χ1n) is 13.4. The second-order valence-corrected chi connectivity index (χ2v) is 11.2. The Kier molecular flexibility index (Phi) is 10.1. The minimum Gasteiger partial charge on any atom is -0.325 e. The van der Waals surface area contributed by atoms with Crippen LogP contribution in [0.2, 0.25) is 0 Å². The van der Waals surface area contributed by atoms with Gasteiger partial charge < -0.3 is 16.0 Å². The molecule has 0 aliphatic carbocycles. The van der Waals surface area contributed by atoms with E-state index in [9.17, 15) is 24.5 Å². The lowest BCUT2D eigenvalue weighted by Gasteiger charge is -2.15. The molecule has 0 aliphatic heterocycles. The minimum atomic E-state index is -0.663. The third-order valence-corrected chi connectivity index (χ3v) is 7.51. The number of thioether (sulfide) groups is 1. The molecule has 0 radical (unpaired) electrons. The average Bonchev–Trinajstić information content (AvgIpc) is 2.99. The van der Waals surface area contributed by atoms with Crippen LogP contribution in [0, 0.1) is 24.0 Å². The van der Waals surface area contributed by atoms with E-state index in [2.05, 4.69) is 16.0 Å². The molecule has 43 heavy (non-hydrogen) atoms. The van der Waals surface area contributed by atoms with Crippen molar-refractivity contribution in [2.24, 2.45) is 0 Å². The number of anilines is 2. The summed E-state index contributed by atoms with van der Waals surface area (Å²) in [5.41, 5.74) is 3.41. The van der Waals surface area contributed by atoms with Crippen molar-refractivity contribution in [3.05, 3.63) is 135 Å². The van der Waals surface area contributed by atoms with Crippen LogP contribution >= 0.6 is 11.8 Å². The molecular formula is C33H30N4O5S. The molecule has 1 atom stereocenters. The molecular weight excluding hydrogens is 564 g/mol. The van der Waals surface area contributed by atoms with Gasteiger partial charge in [-0.25, -0.2) is 0 Å². The maximum atomic E-state index is 13.3. The van der Waals surface area contributed by atoms with Gasteiger partial charge in [0.25, 0.3) is 17.5 Å². The summed E-state index contributed by atoms with van der Waals surface area (Å²) >= 11 is 1.37. The van der Waals surface area contributed by atoms with E-state index in [1.807, 2.05) is 39.0 Å². The molecule has 0 heterocycles. The van der Waals surface area contributed by atoms with Gasteiger partial charge in [0, 0.05) is 27.9 Å². The van der Waals surface area contributed by atoms with Gasteiger partial charge in [-0.3, -0.25) is 24.5 Å². The van der Waals surface area contributed by atoms with Gasteiger partial charge in [-0.1, -0.05) is 48.0 Å². The molecule has 218 valence electrons. The van der Waals surface area contributed by atoms with Crippen LogP contribution in [0.15, 0.2) is 108 Å². The molecule has 4 rings (SSSR count). The lowest BCUT2D eigenvalue weighted by atomic mass is 10.1. The number of rotatable bonds is 10.